The third kappa shape index (κ3) is 0.891. The monoisotopic (exact) mass is 169 g/mol. The van der Waals surface area contributed by atoms with Crippen LogP contribution in [0.5, 0.6) is 0 Å². The average molecular weight is 170 g/mol. The standard InChI is InChI=1S/C3HCl2NOS/c4-2-1-8-6(5)3(2)7/h1H. The Labute approximate surface area is 59.5 Å². The topological polar surface area (TPSA) is 22.0 Å². The molecule has 0 unspecified atom stereocenters. The Hall–Kier alpha value is 0.01000. The number of rotatable bonds is 0. The third-order valence-electron chi connectivity index (χ3n) is 0.613. The summed E-state index contributed by atoms with van der Waals surface area (Å²) < 4.78 is 0.947. The van der Waals surface area contributed by atoms with Crippen molar-refractivity contribution in [1.29, 1.82) is 0 Å². The van der Waals surface area contributed by atoms with Gasteiger partial charge in [-0.2, -0.15) is 3.48 Å². The van der Waals surface area contributed by atoms with E-state index in [0.29, 0.717) is 0 Å². The van der Waals surface area contributed by atoms with Crippen LogP contribution in [0.15, 0.2) is 10.2 Å². The molecule has 5 heteroatoms. The molecule has 0 aliphatic rings. The van der Waals surface area contributed by atoms with Gasteiger partial charge in [0.25, 0.3) is 5.56 Å². The molecule has 0 aliphatic heterocycles. The van der Waals surface area contributed by atoms with E-state index in [2.05, 4.69) is 0 Å². The fourth-order valence-corrected chi connectivity index (χ4v) is 1.26. The van der Waals surface area contributed by atoms with Crippen molar-refractivity contribution in [1.82, 2.24) is 3.48 Å². The number of hydrogen-bond donors (Lipinski definition) is 0. The highest BCUT2D eigenvalue weighted by Gasteiger charge is 1.98. The first-order valence-corrected chi connectivity index (χ1v) is 3.30. The first kappa shape index (κ1) is 6.13. The van der Waals surface area contributed by atoms with Crippen LogP contribution in [0.4, 0.5) is 0 Å². The molecule has 0 saturated heterocycles. The van der Waals surface area contributed by atoms with Crippen LogP contribution in [0, 0.1) is 0 Å². The predicted molar refractivity (Wildman–Crippen MR) is 34.8 cm³/mol. The van der Waals surface area contributed by atoms with Crippen LogP contribution in [0.1, 0.15) is 0 Å². The van der Waals surface area contributed by atoms with Crippen LogP contribution >= 0.6 is 34.9 Å². The van der Waals surface area contributed by atoms with E-state index in [9.17, 15) is 4.79 Å². The Morgan fingerprint density at radius 3 is 2.50 bits per heavy atom. The van der Waals surface area contributed by atoms with Crippen molar-refractivity contribution in [3.05, 3.63) is 20.8 Å². The number of aromatic nitrogens is 1. The number of nitrogens with zero attached hydrogens (tertiary/aromatic N) is 1. The minimum Gasteiger partial charge on any atom is -0.265 e. The summed E-state index contributed by atoms with van der Waals surface area (Å²) in [6.07, 6.45) is 0. The molecule has 44 valence electrons. The van der Waals surface area contributed by atoms with Crippen molar-refractivity contribution >= 4 is 34.9 Å². The molecule has 2 nitrogen and oxygen atoms in total. The molecule has 0 N–H and O–H groups in total. The SMILES string of the molecule is O=c1c(Cl)csn1Cl. The summed E-state index contributed by atoms with van der Waals surface area (Å²) in [5, 5.41) is 1.65. The van der Waals surface area contributed by atoms with Crippen LogP contribution in [0.2, 0.25) is 5.02 Å². The van der Waals surface area contributed by atoms with Crippen molar-refractivity contribution in [2.75, 3.05) is 0 Å². The molecule has 0 atom stereocenters. The van der Waals surface area contributed by atoms with Gasteiger partial charge in [0, 0.05) is 17.2 Å². The van der Waals surface area contributed by atoms with Crippen LogP contribution < -0.4 is 5.56 Å². The lowest BCUT2D eigenvalue weighted by atomic mass is 10.7. The quantitative estimate of drug-likeness (QED) is 0.579. The lowest BCUT2D eigenvalue weighted by Crippen LogP contribution is -2.03. The fourth-order valence-electron chi connectivity index (χ4n) is 0.275. The van der Waals surface area contributed by atoms with Gasteiger partial charge in [-0.25, -0.2) is 0 Å². The molecular weight excluding hydrogens is 169 g/mol. The smallest absolute Gasteiger partial charge is 0.265 e. The number of halogens is 2. The van der Waals surface area contributed by atoms with Crippen molar-refractivity contribution < 1.29 is 0 Å². The molecule has 0 saturated carbocycles. The summed E-state index contributed by atoms with van der Waals surface area (Å²) in [6.45, 7) is 0. The molecule has 1 aromatic heterocycles. The molecule has 0 aromatic carbocycles. The maximum absolute atomic E-state index is 10.5. The van der Waals surface area contributed by atoms with E-state index >= 15 is 0 Å². The van der Waals surface area contributed by atoms with Crippen LogP contribution in [-0.2, 0) is 0 Å². The zero-order valence-corrected chi connectivity index (χ0v) is 5.93. The molecule has 1 heterocycles. The molecule has 0 aliphatic carbocycles. The maximum atomic E-state index is 10.5. The Bertz CT molecular complexity index is 217. The van der Waals surface area contributed by atoms with E-state index in [-0.39, 0.29) is 10.6 Å². The molecule has 1 rings (SSSR count). The minimum absolute atomic E-state index is 0.171. The van der Waals surface area contributed by atoms with Gasteiger partial charge in [0.1, 0.15) is 5.02 Å². The van der Waals surface area contributed by atoms with Gasteiger partial charge in [-0.1, -0.05) is 11.6 Å². The van der Waals surface area contributed by atoms with Gasteiger partial charge in [0.2, 0.25) is 0 Å². The zero-order chi connectivity index (χ0) is 6.15. The van der Waals surface area contributed by atoms with Crippen molar-refractivity contribution in [2.45, 2.75) is 0 Å². The lowest BCUT2D eigenvalue weighted by Gasteiger charge is -1.72. The summed E-state index contributed by atoms with van der Waals surface area (Å²) >= 11 is 11.7. The molecule has 0 radical (unpaired) electrons. The maximum Gasteiger partial charge on any atom is 0.294 e. The molecule has 0 amide bonds. The first-order valence-electron chi connectivity index (χ1n) is 1.74. The number of hydrogen-bond acceptors (Lipinski definition) is 2. The molecule has 0 spiro atoms. The van der Waals surface area contributed by atoms with Crippen molar-refractivity contribution in [3.8, 4) is 0 Å². The molecule has 8 heavy (non-hydrogen) atoms. The van der Waals surface area contributed by atoms with Gasteiger partial charge in [-0.15, -0.1) is 0 Å². The van der Waals surface area contributed by atoms with E-state index in [1.807, 2.05) is 0 Å². The van der Waals surface area contributed by atoms with Crippen LogP contribution in [-0.4, -0.2) is 3.48 Å². The highest BCUT2D eigenvalue weighted by atomic mass is 35.5. The van der Waals surface area contributed by atoms with Gasteiger partial charge >= 0.3 is 0 Å². The van der Waals surface area contributed by atoms with Crippen molar-refractivity contribution in [2.24, 2.45) is 0 Å². The molecule has 0 bridgehead atoms. The Kier molecular flexibility index (Phi) is 1.60. The van der Waals surface area contributed by atoms with E-state index < -0.39 is 0 Å². The van der Waals surface area contributed by atoms with Crippen molar-refractivity contribution in [3.63, 3.8) is 0 Å². The van der Waals surface area contributed by atoms with E-state index in [1.54, 1.807) is 0 Å². The molecular formula is C3HCl2NOS. The predicted octanol–water partition coefficient (Wildman–Crippen LogP) is 1.57. The molecule has 0 fully saturated rings. The first-order chi connectivity index (χ1) is 3.72. The van der Waals surface area contributed by atoms with Gasteiger partial charge < -0.3 is 0 Å². The van der Waals surface area contributed by atoms with Gasteiger partial charge in [0.15, 0.2) is 0 Å². The summed E-state index contributed by atoms with van der Waals surface area (Å²) in [7, 11) is 0. The largest absolute Gasteiger partial charge is 0.294 e. The van der Waals surface area contributed by atoms with Crippen LogP contribution in [0.3, 0.4) is 0 Å². The van der Waals surface area contributed by atoms with E-state index in [4.69, 9.17) is 23.4 Å². The second kappa shape index (κ2) is 2.09. The second-order valence-corrected chi connectivity index (χ2v) is 2.88. The lowest BCUT2D eigenvalue weighted by molar-refractivity contribution is 1.31. The van der Waals surface area contributed by atoms with Crippen LogP contribution in [0.25, 0.3) is 0 Å². The minimum atomic E-state index is -0.349. The normalized spacial score (nSPS) is 9.75. The summed E-state index contributed by atoms with van der Waals surface area (Å²) in [5.74, 6) is 0. The highest BCUT2D eigenvalue weighted by molar-refractivity contribution is 7.06. The Morgan fingerprint density at radius 2 is 2.38 bits per heavy atom. The van der Waals surface area contributed by atoms with E-state index in [1.165, 1.54) is 5.38 Å². The highest BCUT2D eigenvalue weighted by Crippen LogP contribution is 2.06. The Balaban J connectivity index is 3.42. The van der Waals surface area contributed by atoms with Gasteiger partial charge in [-0.05, 0) is 11.5 Å². The third-order valence-corrected chi connectivity index (χ3v) is 2.10. The summed E-state index contributed by atoms with van der Waals surface area (Å²) in [4.78, 5) is 10.5. The molecule has 1 aromatic rings. The van der Waals surface area contributed by atoms with Gasteiger partial charge in [-0.3, -0.25) is 4.79 Å². The van der Waals surface area contributed by atoms with E-state index in [0.717, 1.165) is 15.0 Å². The average Bonchev–Trinajstić information content (AvgIpc) is 1.98. The fraction of sp³-hybridized carbons (Fsp3) is 0. The summed E-state index contributed by atoms with van der Waals surface area (Å²) in [6, 6.07) is 0. The zero-order valence-electron chi connectivity index (χ0n) is 3.60. The van der Waals surface area contributed by atoms with Gasteiger partial charge in [0.05, 0.1) is 0 Å². The second-order valence-electron chi connectivity index (χ2n) is 1.12. The summed E-state index contributed by atoms with van der Waals surface area (Å²) in [5.41, 5.74) is -0.349. The Morgan fingerprint density at radius 1 is 1.75 bits per heavy atom.